The van der Waals surface area contributed by atoms with Crippen LogP contribution in [0, 0.1) is 17.2 Å². The van der Waals surface area contributed by atoms with Crippen LogP contribution < -0.4 is 11.1 Å². The van der Waals surface area contributed by atoms with Crippen LogP contribution in [0.4, 0.5) is 11.4 Å². The number of hydrogen-bond donors (Lipinski definition) is 2. The van der Waals surface area contributed by atoms with E-state index in [0.29, 0.717) is 29.5 Å². The van der Waals surface area contributed by atoms with E-state index < -0.39 is 0 Å². The van der Waals surface area contributed by atoms with Crippen LogP contribution >= 0.6 is 11.6 Å². The van der Waals surface area contributed by atoms with Gasteiger partial charge in [0.25, 0.3) is 0 Å². The second-order valence-electron chi connectivity index (χ2n) is 5.01. The van der Waals surface area contributed by atoms with Gasteiger partial charge in [-0.25, -0.2) is 0 Å². The lowest BCUT2D eigenvalue weighted by molar-refractivity contribution is -0.120. The van der Waals surface area contributed by atoms with Crippen molar-refractivity contribution in [1.29, 1.82) is 5.26 Å². The van der Waals surface area contributed by atoms with Crippen LogP contribution in [0.5, 0.6) is 0 Å². The van der Waals surface area contributed by atoms with Crippen molar-refractivity contribution < 1.29 is 4.79 Å². The summed E-state index contributed by atoms with van der Waals surface area (Å²) < 4.78 is 0. The minimum atomic E-state index is -0.346. The van der Waals surface area contributed by atoms with Gasteiger partial charge in [-0.05, 0) is 38.6 Å². The van der Waals surface area contributed by atoms with Crippen molar-refractivity contribution in [3.63, 3.8) is 0 Å². The summed E-state index contributed by atoms with van der Waals surface area (Å²) in [5.41, 5.74) is 6.79. The molecule has 0 aliphatic carbocycles. The molecule has 1 amide bonds. The molecule has 2 unspecified atom stereocenters. The number of halogens is 1. The average Bonchev–Trinajstić information content (AvgIpc) is 2.46. The molecule has 0 aliphatic rings. The molecular formula is C15H21ClN4O. The van der Waals surface area contributed by atoms with Gasteiger partial charge in [0.2, 0.25) is 5.91 Å². The van der Waals surface area contributed by atoms with Gasteiger partial charge in [0, 0.05) is 11.6 Å². The zero-order valence-corrected chi connectivity index (χ0v) is 13.3. The number of likely N-dealkylation sites (N-methyl/N-ethyl adjacent to an activating group) is 1. The topological polar surface area (TPSA) is 82.2 Å². The van der Waals surface area contributed by atoms with Crippen LogP contribution in [0.1, 0.15) is 20.8 Å². The zero-order valence-electron chi connectivity index (χ0n) is 12.6. The number of nitrogens with one attached hydrogen (secondary N) is 1. The summed E-state index contributed by atoms with van der Waals surface area (Å²) in [7, 11) is 0. The van der Waals surface area contributed by atoms with Gasteiger partial charge < -0.3 is 11.1 Å². The number of anilines is 2. The van der Waals surface area contributed by atoms with Gasteiger partial charge in [0.05, 0.1) is 29.4 Å². The molecule has 1 rings (SSSR count). The van der Waals surface area contributed by atoms with E-state index in [0.717, 1.165) is 0 Å². The van der Waals surface area contributed by atoms with Crippen LogP contribution in [-0.2, 0) is 4.79 Å². The van der Waals surface area contributed by atoms with Crippen molar-refractivity contribution >= 4 is 28.9 Å². The second kappa shape index (κ2) is 7.87. The number of hydrogen-bond acceptors (Lipinski definition) is 4. The number of amides is 1. The Labute approximate surface area is 130 Å². The van der Waals surface area contributed by atoms with E-state index in [1.807, 2.05) is 25.7 Å². The van der Waals surface area contributed by atoms with Gasteiger partial charge in [-0.3, -0.25) is 9.69 Å². The van der Waals surface area contributed by atoms with E-state index in [1.165, 1.54) is 0 Å². The molecule has 114 valence electrons. The standard InChI is InChI=1S/C15H21ClN4O/c1-4-20(9-10(2)8-17)11(3)15(21)19-14-6-5-12(16)7-13(14)18/h5-7,10-11H,4,9,18H2,1-3H3,(H,19,21). The molecule has 1 aromatic rings. The van der Waals surface area contributed by atoms with E-state index in [1.54, 1.807) is 18.2 Å². The molecule has 0 aromatic heterocycles. The van der Waals surface area contributed by atoms with E-state index >= 15 is 0 Å². The molecule has 0 saturated carbocycles. The summed E-state index contributed by atoms with van der Waals surface area (Å²) in [6.07, 6.45) is 0. The molecular weight excluding hydrogens is 288 g/mol. The molecule has 0 bridgehead atoms. The van der Waals surface area contributed by atoms with Crippen molar-refractivity contribution in [3.05, 3.63) is 23.2 Å². The Hall–Kier alpha value is -1.77. The fourth-order valence-corrected chi connectivity index (χ4v) is 2.18. The van der Waals surface area contributed by atoms with Gasteiger partial charge in [-0.15, -0.1) is 0 Å². The highest BCUT2D eigenvalue weighted by Crippen LogP contribution is 2.23. The lowest BCUT2D eigenvalue weighted by Crippen LogP contribution is -2.43. The minimum Gasteiger partial charge on any atom is -0.397 e. The van der Waals surface area contributed by atoms with Crippen LogP contribution in [0.2, 0.25) is 5.02 Å². The van der Waals surface area contributed by atoms with Gasteiger partial charge in [-0.1, -0.05) is 18.5 Å². The van der Waals surface area contributed by atoms with Crippen molar-refractivity contribution in [2.24, 2.45) is 5.92 Å². The van der Waals surface area contributed by atoms with Crippen LogP contribution in [0.3, 0.4) is 0 Å². The van der Waals surface area contributed by atoms with Gasteiger partial charge in [-0.2, -0.15) is 5.26 Å². The summed E-state index contributed by atoms with van der Waals surface area (Å²) in [6, 6.07) is 6.78. The van der Waals surface area contributed by atoms with Gasteiger partial charge >= 0.3 is 0 Å². The molecule has 0 fully saturated rings. The first kappa shape index (κ1) is 17.3. The van der Waals surface area contributed by atoms with Gasteiger partial charge in [0.1, 0.15) is 0 Å². The van der Waals surface area contributed by atoms with E-state index in [4.69, 9.17) is 22.6 Å². The second-order valence-corrected chi connectivity index (χ2v) is 5.45. The lowest BCUT2D eigenvalue weighted by atomic mass is 10.1. The van der Waals surface area contributed by atoms with E-state index in [2.05, 4.69) is 11.4 Å². The molecule has 2 atom stereocenters. The molecule has 3 N–H and O–H groups in total. The molecule has 1 aromatic carbocycles. The molecule has 5 nitrogen and oxygen atoms in total. The highest BCUT2D eigenvalue weighted by molar-refractivity contribution is 6.31. The van der Waals surface area contributed by atoms with Crippen LogP contribution in [0.15, 0.2) is 18.2 Å². The van der Waals surface area contributed by atoms with Crippen molar-refractivity contribution in [3.8, 4) is 6.07 Å². The highest BCUT2D eigenvalue weighted by atomic mass is 35.5. The number of rotatable bonds is 6. The Balaban J connectivity index is 2.75. The van der Waals surface area contributed by atoms with Gasteiger partial charge in [0.15, 0.2) is 0 Å². The quantitative estimate of drug-likeness (QED) is 0.792. The summed E-state index contributed by atoms with van der Waals surface area (Å²) in [5.74, 6) is -0.281. The van der Waals surface area contributed by atoms with Crippen LogP contribution in [-0.4, -0.2) is 29.9 Å². The van der Waals surface area contributed by atoms with Crippen molar-refractivity contribution in [1.82, 2.24) is 4.90 Å². The van der Waals surface area contributed by atoms with E-state index in [9.17, 15) is 4.79 Å². The third-order valence-corrected chi connectivity index (χ3v) is 3.57. The highest BCUT2D eigenvalue weighted by Gasteiger charge is 2.22. The number of nitrogens with two attached hydrogens (primary N) is 1. The first-order valence-electron chi connectivity index (χ1n) is 6.88. The Morgan fingerprint density at radius 1 is 1.52 bits per heavy atom. The Morgan fingerprint density at radius 2 is 2.19 bits per heavy atom. The summed E-state index contributed by atoms with van der Waals surface area (Å²) in [6.45, 7) is 6.86. The monoisotopic (exact) mass is 308 g/mol. The fraction of sp³-hybridized carbons (Fsp3) is 0.467. The SMILES string of the molecule is CCN(CC(C)C#N)C(C)C(=O)Nc1ccc(Cl)cc1N. The number of nitriles is 1. The van der Waals surface area contributed by atoms with E-state index in [-0.39, 0.29) is 17.9 Å². The third kappa shape index (κ3) is 4.92. The Morgan fingerprint density at radius 3 is 2.71 bits per heavy atom. The average molecular weight is 309 g/mol. The molecule has 6 heteroatoms. The molecule has 0 saturated heterocycles. The molecule has 0 radical (unpaired) electrons. The normalized spacial score (nSPS) is 13.5. The smallest absolute Gasteiger partial charge is 0.241 e. The fourth-order valence-electron chi connectivity index (χ4n) is 2.00. The molecule has 0 aliphatic heterocycles. The lowest BCUT2D eigenvalue weighted by Gasteiger charge is -2.27. The zero-order chi connectivity index (χ0) is 16.0. The number of carbonyl (C=O) groups excluding carboxylic acids is 1. The molecule has 21 heavy (non-hydrogen) atoms. The maximum Gasteiger partial charge on any atom is 0.241 e. The predicted molar refractivity (Wildman–Crippen MR) is 86.0 cm³/mol. The number of benzene rings is 1. The summed E-state index contributed by atoms with van der Waals surface area (Å²) in [5, 5.41) is 12.2. The maximum absolute atomic E-state index is 12.3. The van der Waals surface area contributed by atoms with Crippen LogP contribution in [0.25, 0.3) is 0 Å². The minimum absolute atomic E-state index is 0.124. The molecule has 0 heterocycles. The number of nitrogen functional groups attached to an aromatic ring is 1. The maximum atomic E-state index is 12.3. The first-order chi connectivity index (χ1) is 9.88. The van der Waals surface area contributed by atoms with Crippen molar-refractivity contribution in [2.75, 3.05) is 24.1 Å². The number of carbonyl (C=O) groups is 1. The molecule has 0 spiro atoms. The summed E-state index contributed by atoms with van der Waals surface area (Å²) in [4.78, 5) is 14.2. The number of nitrogens with zero attached hydrogens (tertiary/aromatic N) is 2. The third-order valence-electron chi connectivity index (χ3n) is 3.33. The summed E-state index contributed by atoms with van der Waals surface area (Å²) >= 11 is 5.83. The van der Waals surface area contributed by atoms with Crippen molar-refractivity contribution in [2.45, 2.75) is 26.8 Å². The Bertz CT molecular complexity index is 541. The largest absolute Gasteiger partial charge is 0.397 e. The Kier molecular flexibility index (Phi) is 6.47. The first-order valence-corrected chi connectivity index (χ1v) is 7.26. The predicted octanol–water partition coefficient (Wildman–Crippen LogP) is 2.73.